The first-order valence-electron chi connectivity index (χ1n) is 11.3. The Balaban J connectivity index is 1.41. The Labute approximate surface area is 195 Å². The summed E-state index contributed by atoms with van der Waals surface area (Å²) < 4.78 is 5.16. The highest BCUT2D eigenvalue weighted by molar-refractivity contribution is 6.23. The zero-order chi connectivity index (χ0) is 22.6. The number of carbonyl (C=O) groups excluding carboxylic acids is 1. The van der Waals surface area contributed by atoms with E-state index in [0.717, 1.165) is 32.5 Å². The molecular formula is C27H31ClN2O2. The van der Waals surface area contributed by atoms with Crippen LogP contribution in [0.4, 0.5) is 4.79 Å². The molecule has 0 atom stereocenters. The Hall–Kier alpha value is -2.56. The van der Waals surface area contributed by atoms with Gasteiger partial charge in [0.05, 0.1) is 4.87 Å². The number of nitrogens with one attached hydrogen (secondary N) is 1. The van der Waals surface area contributed by atoms with Gasteiger partial charge in [-0.25, -0.2) is 4.79 Å². The van der Waals surface area contributed by atoms with Crippen molar-refractivity contribution in [2.24, 2.45) is 0 Å². The summed E-state index contributed by atoms with van der Waals surface area (Å²) >= 11 is 6.06. The van der Waals surface area contributed by atoms with Crippen LogP contribution in [0.5, 0.6) is 0 Å². The van der Waals surface area contributed by atoms with E-state index in [2.05, 4.69) is 70.9 Å². The molecule has 0 spiro atoms. The molecule has 0 unspecified atom stereocenters. The summed E-state index contributed by atoms with van der Waals surface area (Å²) in [5.74, 6) is 0. The highest BCUT2D eigenvalue weighted by Crippen LogP contribution is 2.38. The molecule has 0 radical (unpaired) electrons. The number of fused-ring (bicyclic) bond motifs is 2. The number of carbonyl (C=O) groups is 1. The van der Waals surface area contributed by atoms with Crippen molar-refractivity contribution in [3.8, 4) is 0 Å². The molecule has 4 nitrogen and oxygen atoms in total. The number of hydrogen-bond acceptors (Lipinski definition) is 3. The summed E-state index contributed by atoms with van der Waals surface area (Å²) in [6, 6.07) is 17.4. The van der Waals surface area contributed by atoms with Gasteiger partial charge >= 0.3 is 6.09 Å². The van der Waals surface area contributed by atoms with Gasteiger partial charge in [0.2, 0.25) is 0 Å². The van der Waals surface area contributed by atoms with Gasteiger partial charge in [0.25, 0.3) is 0 Å². The second-order valence-electron chi connectivity index (χ2n) is 9.05. The van der Waals surface area contributed by atoms with E-state index in [1.807, 2.05) is 13.8 Å². The molecule has 2 aliphatic rings. The van der Waals surface area contributed by atoms with Crippen LogP contribution in [0.3, 0.4) is 0 Å². The predicted octanol–water partition coefficient (Wildman–Crippen LogP) is 5.81. The number of alkyl halides is 1. The number of nitrogens with zero attached hydrogens (tertiary/aromatic N) is 1. The van der Waals surface area contributed by atoms with Gasteiger partial charge < -0.3 is 15.0 Å². The average molecular weight is 451 g/mol. The van der Waals surface area contributed by atoms with Crippen LogP contribution in [-0.4, -0.2) is 48.7 Å². The molecule has 1 N–H and O–H groups in total. The maximum atomic E-state index is 11.8. The van der Waals surface area contributed by atoms with Crippen molar-refractivity contribution in [2.75, 3.05) is 32.8 Å². The topological polar surface area (TPSA) is 41.6 Å². The van der Waals surface area contributed by atoms with Crippen molar-refractivity contribution in [2.45, 2.75) is 31.6 Å². The lowest BCUT2D eigenvalue weighted by Gasteiger charge is -2.30. The van der Waals surface area contributed by atoms with Crippen molar-refractivity contribution in [3.05, 3.63) is 76.4 Å². The van der Waals surface area contributed by atoms with Crippen molar-refractivity contribution >= 4 is 35.4 Å². The third-order valence-corrected chi connectivity index (χ3v) is 6.07. The smallest absolute Gasteiger partial charge is 0.407 e. The molecule has 2 aromatic rings. The molecular weight excluding hydrogens is 420 g/mol. The van der Waals surface area contributed by atoms with Crippen molar-refractivity contribution < 1.29 is 9.53 Å². The number of alkyl carbamates (subject to hydrolysis) is 1. The fourth-order valence-electron chi connectivity index (χ4n) is 4.35. The van der Waals surface area contributed by atoms with Crippen LogP contribution in [-0.2, 0) is 4.74 Å². The highest BCUT2D eigenvalue weighted by Gasteiger charge is 2.22. The molecule has 0 aromatic heterocycles. The quantitative estimate of drug-likeness (QED) is 0.498. The number of amides is 1. The summed E-state index contributed by atoms with van der Waals surface area (Å²) in [5.41, 5.74) is 8.10. The van der Waals surface area contributed by atoms with Crippen LogP contribution in [0.25, 0.3) is 17.7 Å². The van der Waals surface area contributed by atoms with Crippen LogP contribution in [0, 0.1) is 0 Å². The Bertz CT molecular complexity index is 974. The van der Waals surface area contributed by atoms with Crippen molar-refractivity contribution in [1.29, 1.82) is 0 Å². The summed E-state index contributed by atoms with van der Waals surface area (Å²) in [7, 11) is 0. The number of rotatable bonds is 5. The molecule has 0 bridgehead atoms. The molecule has 1 aliphatic heterocycles. The maximum absolute atomic E-state index is 11.8. The fraction of sp³-hybridized carbons (Fsp3) is 0.370. The summed E-state index contributed by atoms with van der Waals surface area (Å²) in [6.45, 7) is 7.20. The molecule has 1 fully saturated rings. The SMILES string of the molecule is CC(C)(Cl)COC(=O)NCCN1CCC(=C2c3ccccc3C=Cc3ccccc32)CC1. The number of benzene rings is 2. The lowest BCUT2D eigenvalue weighted by molar-refractivity contribution is 0.135. The van der Waals surface area contributed by atoms with E-state index in [4.69, 9.17) is 16.3 Å². The van der Waals surface area contributed by atoms with Gasteiger partial charge in [0.15, 0.2) is 0 Å². The molecule has 0 saturated carbocycles. The van der Waals surface area contributed by atoms with E-state index < -0.39 is 11.0 Å². The van der Waals surface area contributed by atoms with E-state index in [9.17, 15) is 4.79 Å². The first-order valence-corrected chi connectivity index (χ1v) is 11.7. The van der Waals surface area contributed by atoms with Crippen molar-refractivity contribution in [3.63, 3.8) is 0 Å². The Morgan fingerprint density at radius 3 is 2.12 bits per heavy atom. The first-order chi connectivity index (χ1) is 15.4. The number of likely N-dealkylation sites (tertiary alicyclic amines) is 1. The largest absolute Gasteiger partial charge is 0.448 e. The predicted molar refractivity (Wildman–Crippen MR) is 133 cm³/mol. The Kier molecular flexibility index (Phi) is 7.02. The lowest BCUT2D eigenvalue weighted by atomic mass is 9.86. The normalized spacial score (nSPS) is 16.2. The van der Waals surface area contributed by atoms with Crippen LogP contribution in [0.1, 0.15) is 48.9 Å². The van der Waals surface area contributed by atoms with Crippen molar-refractivity contribution in [1.82, 2.24) is 10.2 Å². The van der Waals surface area contributed by atoms with Gasteiger partial charge in [-0.2, -0.15) is 0 Å². The third-order valence-electron chi connectivity index (χ3n) is 5.96. The summed E-state index contributed by atoms with van der Waals surface area (Å²) in [5, 5.41) is 2.83. The molecule has 32 heavy (non-hydrogen) atoms. The molecule has 1 heterocycles. The van der Waals surface area contributed by atoms with Crippen LogP contribution >= 0.6 is 11.6 Å². The lowest BCUT2D eigenvalue weighted by Crippen LogP contribution is -2.39. The van der Waals surface area contributed by atoms with Gasteiger partial charge in [-0.15, -0.1) is 11.6 Å². The molecule has 1 saturated heterocycles. The number of piperidine rings is 1. The molecule has 1 aliphatic carbocycles. The number of hydrogen-bond donors (Lipinski definition) is 1. The monoisotopic (exact) mass is 450 g/mol. The minimum Gasteiger partial charge on any atom is -0.448 e. The standard InChI is InChI=1S/C27H31ClN2O2/c1-27(2,28)19-32-26(31)29-15-18-30-16-13-22(14-17-30)25-23-9-5-3-7-20(23)11-12-21-8-4-6-10-24(21)25/h3-12H,13-19H2,1-2H3,(H,29,31). The second-order valence-corrected chi connectivity index (χ2v) is 10.1. The Morgan fingerprint density at radius 2 is 1.56 bits per heavy atom. The van der Waals surface area contributed by atoms with Gasteiger partial charge in [0, 0.05) is 26.2 Å². The van der Waals surface area contributed by atoms with Gasteiger partial charge in [-0.05, 0) is 54.5 Å². The zero-order valence-electron chi connectivity index (χ0n) is 18.9. The molecule has 2 aromatic carbocycles. The van der Waals surface area contributed by atoms with Crippen LogP contribution < -0.4 is 5.32 Å². The minimum atomic E-state index is -0.543. The average Bonchev–Trinajstić information content (AvgIpc) is 2.95. The van der Waals surface area contributed by atoms with Crippen LogP contribution in [0.2, 0.25) is 0 Å². The fourth-order valence-corrected chi connectivity index (χ4v) is 4.40. The van der Waals surface area contributed by atoms with E-state index in [1.54, 1.807) is 0 Å². The maximum Gasteiger partial charge on any atom is 0.407 e. The van der Waals surface area contributed by atoms with E-state index >= 15 is 0 Å². The molecule has 168 valence electrons. The highest BCUT2D eigenvalue weighted by atomic mass is 35.5. The summed E-state index contributed by atoms with van der Waals surface area (Å²) in [4.78, 5) is 13.7. The minimum absolute atomic E-state index is 0.193. The first kappa shape index (κ1) is 22.6. The zero-order valence-corrected chi connectivity index (χ0v) is 19.6. The van der Waals surface area contributed by atoms with E-state index in [-0.39, 0.29) is 6.61 Å². The van der Waals surface area contributed by atoms with E-state index in [0.29, 0.717) is 6.54 Å². The molecule has 5 heteroatoms. The third kappa shape index (κ3) is 5.62. The number of halogens is 1. The molecule has 4 rings (SSSR count). The second kappa shape index (κ2) is 9.93. The Morgan fingerprint density at radius 1 is 1.00 bits per heavy atom. The number of ether oxygens (including phenoxy) is 1. The van der Waals surface area contributed by atoms with Gasteiger partial charge in [-0.3, -0.25) is 0 Å². The van der Waals surface area contributed by atoms with E-state index in [1.165, 1.54) is 33.4 Å². The van der Waals surface area contributed by atoms with Gasteiger partial charge in [-0.1, -0.05) is 66.3 Å². The molecule has 1 amide bonds. The van der Waals surface area contributed by atoms with Gasteiger partial charge in [0.1, 0.15) is 6.61 Å². The summed E-state index contributed by atoms with van der Waals surface area (Å²) in [6.07, 6.45) is 6.11. The van der Waals surface area contributed by atoms with Crippen LogP contribution in [0.15, 0.2) is 54.1 Å².